The number of thiazole rings is 1. The third-order valence-electron chi connectivity index (χ3n) is 12.6. The number of nitrogens with one attached hydrogen (secondary N) is 1. The molecule has 2 aliphatic heterocycles. The second kappa shape index (κ2) is 21.3. The van der Waals surface area contributed by atoms with E-state index in [2.05, 4.69) is 20.3 Å². The number of aliphatic hydroxyl groups excluding tert-OH is 4. The van der Waals surface area contributed by atoms with E-state index in [1.807, 2.05) is 52.0 Å². The van der Waals surface area contributed by atoms with E-state index in [4.69, 9.17) is 26.8 Å². The van der Waals surface area contributed by atoms with Crippen LogP contribution in [0.5, 0.6) is 5.75 Å². The number of benzene rings is 2. The molecular formula is C48H58ClN7O10S. The number of aromatic nitrogens is 4. The minimum atomic E-state index is -1.48. The Hall–Kier alpha value is -5.34. The highest BCUT2D eigenvalue weighted by molar-refractivity contribution is 7.13. The molecule has 19 heteroatoms. The summed E-state index contributed by atoms with van der Waals surface area (Å²) in [6.45, 7) is 7.57. The molecule has 0 spiro atoms. The van der Waals surface area contributed by atoms with Crippen molar-refractivity contribution in [2.75, 3.05) is 18.9 Å². The molecule has 2 aromatic carbocycles. The first-order chi connectivity index (χ1) is 31.9. The topological polar surface area (TPSA) is 253 Å². The Morgan fingerprint density at radius 1 is 0.985 bits per heavy atom. The van der Waals surface area contributed by atoms with E-state index in [0.717, 1.165) is 21.7 Å². The third kappa shape index (κ3) is 11.5. The van der Waals surface area contributed by atoms with Crippen molar-refractivity contribution in [1.29, 1.82) is 0 Å². The Bertz CT molecular complexity index is 2560. The Morgan fingerprint density at radius 3 is 2.42 bits per heavy atom. The molecule has 358 valence electrons. The molecule has 5 heterocycles. The van der Waals surface area contributed by atoms with Crippen LogP contribution >= 0.6 is 22.9 Å². The first kappa shape index (κ1) is 49.6. The van der Waals surface area contributed by atoms with Gasteiger partial charge in [-0.3, -0.25) is 19.2 Å². The molecule has 2 amide bonds. The van der Waals surface area contributed by atoms with Gasteiger partial charge in [0.1, 0.15) is 66.4 Å². The lowest BCUT2D eigenvalue weighted by Crippen LogP contribution is -2.50. The number of carbonyl (C=O) groups is 4. The van der Waals surface area contributed by atoms with Crippen LogP contribution in [0.25, 0.3) is 21.5 Å². The molecule has 0 radical (unpaired) electrons. The molecule has 0 unspecified atom stereocenters. The summed E-state index contributed by atoms with van der Waals surface area (Å²) in [5, 5.41) is 47.4. The Kier molecular flexibility index (Phi) is 15.8. The van der Waals surface area contributed by atoms with Crippen LogP contribution in [-0.4, -0.2) is 112 Å². The van der Waals surface area contributed by atoms with Crippen molar-refractivity contribution in [2.24, 2.45) is 11.3 Å². The van der Waals surface area contributed by atoms with Gasteiger partial charge in [0, 0.05) is 50.9 Å². The second-order valence-corrected chi connectivity index (χ2v) is 19.7. The molecule has 0 bridgehead atoms. The van der Waals surface area contributed by atoms with Crippen molar-refractivity contribution in [1.82, 2.24) is 29.7 Å². The molecule has 5 aromatic rings. The van der Waals surface area contributed by atoms with Crippen LogP contribution in [-0.2, 0) is 30.5 Å². The maximum Gasteiger partial charge on any atom is 0.243 e. The highest BCUT2D eigenvalue weighted by atomic mass is 35.5. The van der Waals surface area contributed by atoms with Crippen LogP contribution in [0.4, 0.5) is 5.82 Å². The monoisotopic (exact) mass is 959 g/mol. The lowest BCUT2D eigenvalue weighted by Gasteiger charge is -2.34. The standard InChI is InChI=1S/C48H58ClN7O10S/c1-26-42(67-25-54-26)28-12-10-27(11-13-28)21-51-45(63)36-20-32(59)22-56(36)46(64)34(48(2,3)4)19-30(57)8-6-5-7-9-31(58)23-65-37-18-29(14-15-35(37)49)38(60)41-39(61)40(62)47(66-41)55-17-16-33-43(50)52-24-53-44(33)55/h10-18,24-25,32,34,36,38-41,47,59-62H,5-9,19-23H2,1-4H3,(H,51,63)(H2,50,52,53)/t32-,34-,36+,38+,39-,40+,41+,47+/m0/s1. The maximum atomic E-state index is 14.1. The van der Waals surface area contributed by atoms with E-state index >= 15 is 0 Å². The van der Waals surface area contributed by atoms with E-state index in [1.54, 1.807) is 29.1 Å². The number of nitrogens with two attached hydrogens (primary N) is 1. The van der Waals surface area contributed by atoms with Gasteiger partial charge >= 0.3 is 0 Å². The number of likely N-dealkylation sites (tertiary alicyclic amines) is 1. The van der Waals surface area contributed by atoms with Crippen LogP contribution in [0.2, 0.25) is 5.02 Å². The van der Waals surface area contributed by atoms with Crippen molar-refractivity contribution >= 4 is 63.2 Å². The van der Waals surface area contributed by atoms with Crippen LogP contribution in [0.15, 0.2) is 66.6 Å². The number of halogens is 1. The van der Waals surface area contributed by atoms with E-state index in [9.17, 15) is 39.6 Å². The van der Waals surface area contributed by atoms with Gasteiger partial charge in [0.2, 0.25) is 11.8 Å². The predicted octanol–water partition coefficient (Wildman–Crippen LogP) is 5.25. The number of anilines is 1. The number of ether oxygens (including phenoxy) is 2. The number of amides is 2. The molecule has 2 aliphatic rings. The third-order valence-corrected chi connectivity index (χ3v) is 13.9. The fourth-order valence-corrected chi connectivity index (χ4v) is 9.67. The van der Waals surface area contributed by atoms with Crippen molar-refractivity contribution in [3.8, 4) is 16.2 Å². The molecule has 67 heavy (non-hydrogen) atoms. The molecule has 7 N–H and O–H groups in total. The van der Waals surface area contributed by atoms with E-state index in [1.165, 1.54) is 34.0 Å². The number of ketones is 2. The summed E-state index contributed by atoms with van der Waals surface area (Å²) in [7, 11) is 0. The minimum Gasteiger partial charge on any atom is -0.484 e. The zero-order chi connectivity index (χ0) is 48.2. The lowest BCUT2D eigenvalue weighted by atomic mass is 9.76. The summed E-state index contributed by atoms with van der Waals surface area (Å²) in [5.74, 6) is -1.35. The smallest absolute Gasteiger partial charge is 0.243 e. The Morgan fingerprint density at radius 2 is 1.72 bits per heavy atom. The van der Waals surface area contributed by atoms with Gasteiger partial charge in [0.15, 0.2) is 12.0 Å². The number of nitrogens with zero attached hydrogens (tertiary/aromatic N) is 5. The number of unbranched alkanes of at least 4 members (excludes halogenated alkanes) is 2. The lowest BCUT2D eigenvalue weighted by molar-refractivity contribution is -0.146. The highest BCUT2D eigenvalue weighted by Gasteiger charge is 2.48. The zero-order valence-electron chi connectivity index (χ0n) is 37.9. The van der Waals surface area contributed by atoms with Crippen molar-refractivity contribution in [2.45, 2.75) is 122 Å². The number of hydrogen-bond acceptors (Lipinski definition) is 15. The number of carbonyl (C=O) groups excluding carboxylic acids is 4. The number of fused-ring (bicyclic) bond motifs is 1. The fourth-order valence-electron chi connectivity index (χ4n) is 8.69. The number of β-amino-alcohol motifs (C(OH)–C–C–N with tert-alkyl or cyclic N) is 1. The van der Waals surface area contributed by atoms with Crippen LogP contribution in [0.1, 0.15) is 94.9 Å². The number of aliphatic hydroxyl groups is 4. The number of aryl methyl sites for hydroxylation is 1. The van der Waals surface area contributed by atoms with Gasteiger partial charge < -0.3 is 50.4 Å². The van der Waals surface area contributed by atoms with Crippen molar-refractivity contribution < 1.29 is 49.1 Å². The van der Waals surface area contributed by atoms with Gasteiger partial charge in [-0.25, -0.2) is 15.0 Å². The summed E-state index contributed by atoms with van der Waals surface area (Å²) in [6.07, 6.45) is -2.57. The Labute approximate surface area is 397 Å². The average molecular weight is 961 g/mol. The summed E-state index contributed by atoms with van der Waals surface area (Å²) < 4.78 is 13.2. The minimum absolute atomic E-state index is 0.00370. The molecule has 8 atom stereocenters. The Balaban J connectivity index is 0.845. The molecule has 7 rings (SSSR count). The first-order valence-electron chi connectivity index (χ1n) is 22.4. The molecule has 0 saturated carbocycles. The van der Waals surface area contributed by atoms with E-state index in [-0.39, 0.29) is 90.9 Å². The quantitative estimate of drug-likeness (QED) is 0.0579. The van der Waals surface area contributed by atoms with Gasteiger partial charge in [-0.1, -0.05) is 69.1 Å². The number of nitrogen functional groups attached to an aromatic ring is 1. The molecule has 0 aliphatic carbocycles. The van der Waals surface area contributed by atoms with Gasteiger partial charge in [-0.05, 0) is 60.1 Å². The number of Topliss-reactive ketones (excluding diaryl/α,β-unsaturated/α-hetero) is 2. The van der Waals surface area contributed by atoms with E-state index < -0.39 is 54.1 Å². The molecule has 17 nitrogen and oxygen atoms in total. The summed E-state index contributed by atoms with van der Waals surface area (Å²) in [4.78, 5) is 68.7. The molecule has 3 aromatic heterocycles. The first-order valence-corrected chi connectivity index (χ1v) is 23.6. The predicted molar refractivity (Wildman–Crippen MR) is 251 cm³/mol. The van der Waals surface area contributed by atoms with E-state index in [0.29, 0.717) is 30.3 Å². The van der Waals surface area contributed by atoms with Gasteiger partial charge in [-0.2, -0.15) is 0 Å². The molecule has 2 saturated heterocycles. The number of rotatable bonds is 19. The second-order valence-electron chi connectivity index (χ2n) is 18.5. The highest BCUT2D eigenvalue weighted by Crippen LogP contribution is 2.40. The average Bonchev–Trinajstić information content (AvgIpc) is 4.09. The largest absolute Gasteiger partial charge is 0.484 e. The van der Waals surface area contributed by atoms with Crippen molar-refractivity contribution in [3.63, 3.8) is 0 Å². The summed E-state index contributed by atoms with van der Waals surface area (Å²) in [5.41, 5.74) is 10.7. The van der Waals surface area contributed by atoms with Gasteiger partial charge in [0.05, 0.1) is 32.6 Å². The zero-order valence-corrected chi connectivity index (χ0v) is 39.5. The summed E-state index contributed by atoms with van der Waals surface area (Å²) in [6, 6.07) is 13.1. The van der Waals surface area contributed by atoms with Gasteiger partial charge in [-0.15, -0.1) is 11.3 Å². The number of hydrogen-bond donors (Lipinski definition) is 6. The van der Waals surface area contributed by atoms with Crippen LogP contribution in [0, 0.1) is 18.3 Å². The van der Waals surface area contributed by atoms with Crippen LogP contribution in [0.3, 0.4) is 0 Å². The van der Waals surface area contributed by atoms with Gasteiger partial charge in [0.25, 0.3) is 0 Å². The van der Waals surface area contributed by atoms with Crippen molar-refractivity contribution in [3.05, 3.63) is 88.4 Å². The maximum absolute atomic E-state index is 14.1. The normalized spacial score (nSPS) is 21.7. The summed E-state index contributed by atoms with van der Waals surface area (Å²) >= 11 is 7.95. The SMILES string of the molecule is Cc1ncsc1-c1ccc(CNC(=O)[C@H]2C[C@H](O)CN2C(=O)[C@H](CC(=O)CCCCCC(=O)COc2cc([C@@H](O)[C@H]3O[C@@H](n4ccc5c(N)ncnc54)[C@H](O)[C@@H]3O)ccc2Cl)C(C)(C)C)cc1. The molecule has 2 fully saturated rings. The fraction of sp³-hybridized carbons (Fsp3) is 0.479. The van der Waals surface area contributed by atoms with Crippen LogP contribution < -0.4 is 15.8 Å². The molecular weight excluding hydrogens is 902 g/mol.